The molecule has 1 aromatic rings. The Morgan fingerprint density at radius 2 is 2.25 bits per heavy atom. The zero-order valence-electron chi connectivity index (χ0n) is 9.00. The van der Waals surface area contributed by atoms with Crippen molar-refractivity contribution < 1.29 is 9.53 Å². The second-order valence-electron chi connectivity index (χ2n) is 2.93. The van der Waals surface area contributed by atoms with Crippen molar-refractivity contribution >= 4 is 40.8 Å². The molecule has 0 unspecified atom stereocenters. The molecular formula is C9H12N2O2S3. The Balaban J connectivity index is 2.34. The third-order valence-corrected chi connectivity index (χ3v) is 4.25. The lowest BCUT2D eigenvalue weighted by Crippen LogP contribution is -1.98. The van der Waals surface area contributed by atoms with Crippen molar-refractivity contribution in [3.05, 3.63) is 12.7 Å². The summed E-state index contributed by atoms with van der Waals surface area (Å²) in [4.78, 5) is 10.8. The van der Waals surface area contributed by atoms with Gasteiger partial charge in [0.2, 0.25) is 0 Å². The van der Waals surface area contributed by atoms with Crippen molar-refractivity contribution in [2.45, 2.75) is 27.8 Å². The monoisotopic (exact) mass is 276 g/mol. The van der Waals surface area contributed by atoms with Crippen molar-refractivity contribution in [1.29, 1.82) is 0 Å². The standard InChI is InChI=1S/C9H12N2O2S3/c1-4-7(12)13-5-14-8-10-11-9(16-8)15-6(2)3/h4,6H,1,5H2,2-3H3. The van der Waals surface area contributed by atoms with E-state index in [0.717, 1.165) is 14.8 Å². The number of carbonyl (C=O) groups is 1. The summed E-state index contributed by atoms with van der Waals surface area (Å²) in [5, 5.41) is 8.50. The molecule has 0 aromatic carbocycles. The maximum atomic E-state index is 10.8. The molecule has 88 valence electrons. The van der Waals surface area contributed by atoms with E-state index < -0.39 is 5.97 Å². The fourth-order valence-corrected chi connectivity index (χ4v) is 3.66. The van der Waals surface area contributed by atoms with Gasteiger partial charge in [-0.25, -0.2) is 4.79 Å². The van der Waals surface area contributed by atoms with Crippen LogP contribution in [0.2, 0.25) is 0 Å². The summed E-state index contributed by atoms with van der Waals surface area (Å²) in [5.41, 5.74) is 0. The zero-order valence-corrected chi connectivity index (χ0v) is 11.5. The molecule has 0 fully saturated rings. The maximum Gasteiger partial charge on any atom is 0.330 e. The lowest BCUT2D eigenvalue weighted by Gasteiger charge is -1.98. The molecule has 0 N–H and O–H groups in total. The van der Waals surface area contributed by atoms with Gasteiger partial charge in [-0.2, -0.15) is 0 Å². The van der Waals surface area contributed by atoms with E-state index in [1.165, 1.54) is 23.1 Å². The largest absolute Gasteiger partial charge is 0.451 e. The van der Waals surface area contributed by atoms with E-state index in [4.69, 9.17) is 4.74 Å². The van der Waals surface area contributed by atoms with Gasteiger partial charge in [-0.1, -0.05) is 55.3 Å². The molecule has 1 heterocycles. The summed E-state index contributed by atoms with van der Waals surface area (Å²) in [6.45, 7) is 7.51. The molecule has 0 radical (unpaired) electrons. The average molecular weight is 276 g/mol. The summed E-state index contributed by atoms with van der Waals surface area (Å²) >= 11 is 4.53. The van der Waals surface area contributed by atoms with Gasteiger partial charge in [0.1, 0.15) is 5.94 Å². The smallest absolute Gasteiger partial charge is 0.330 e. The van der Waals surface area contributed by atoms with E-state index in [1.807, 2.05) is 0 Å². The van der Waals surface area contributed by atoms with Crippen LogP contribution in [-0.4, -0.2) is 27.4 Å². The minimum absolute atomic E-state index is 0.242. The highest BCUT2D eigenvalue weighted by atomic mass is 32.2. The maximum absolute atomic E-state index is 10.8. The second kappa shape index (κ2) is 6.93. The van der Waals surface area contributed by atoms with Crippen molar-refractivity contribution in [2.75, 3.05) is 5.94 Å². The second-order valence-corrected chi connectivity index (χ2v) is 6.90. The van der Waals surface area contributed by atoms with Gasteiger partial charge in [-0.15, -0.1) is 10.2 Å². The number of thioether (sulfide) groups is 2. The van der Waals surface area contributed by atoms with E-state index in [0.29, 0.717) is 5.25 Å². The molecule has 0 saturated heterocycles. The van der Waals surface area contributed by atoms with Crippen molar-refractivity contribution in [2.24, 2.45) is 0 Å². The third kappa shape index (κ3) is 5.00. The SMILES string of the molecule is C=CC(=O)OCSc1nnc(SC(C)C)s1. The number of rotatable bonds is 6. The van der Waals surface area contributed by atoms with E-state index in [2.05, 4.69) is 30.6 Å². The molecule has 0 aliphatic rings. The molecule has 7 heteroatoms. The highest BCUT2D eigenvalue weighted by molar-refractivity contribution is 8.03. The Kier molecular flexibility index (Phi) is 5.86. The van der Waals surface area contributed by atoms with Crippen LogP contribution < -0.4 is 0 Å². The van der Waals surface area contributed by atoms with E-state index in [1.54, 1.807) is 11.8 Å². The van der Waals surface area contributed by atoms with Crippen LogP contribution in [-0.2, 0) is 9.53 Å². The van der Waals surface area contributed by atoms with Gasteiger partial charge in [0.15, 0.2) is 8.68 Å². The molecule has 0 saturated carbocycles. The minimum atomic E-state index is -0.422. The fourth-order valence-electron chi connectivity index (χ4n) is 0.702. The first kappa shape index (κ1) is 13.5. The molecule has 0 bridgehead atoms. The number of hydrogen-bond acceptors (Lipinski definition) is 7. The predicted molar refractivity (Wildman–Crippen MR) is 67.9 cm³/mol. The molecule has 0 aliphatic carbocycles. The Morgan fingerprint density at radius 3 is 2.88 bits per heavy atom. The number of nitrogens with zero attached hydrogens (tertiary/aromatic N) is 2. The number of ether oxygens (including phenoxy) is 1. The van der Waals surface area contributed by atoms with Crippen LogP contribution in [0.3, 0.4) is 0 Å². The number of aromatic nitrogens is 2. The fraction of sp³-hybridized carbons (Fsp3) is 0.444. The highest BCUT2D eigenvalue weighted by Gasteiger charge is 2.07. The number of hydrogen-bond donors (Lipinski definition) is 0. The molecule has 0 atom stereocenters. The molecular weight excluding hydrogens is 264 g/mol. The lowest BCUT2D eigenvalue weighted by molar-refractivity contribution is -0.135. The van der Waals surface area contributed by atoms with Gasteiger partial charge in [0.25, 0.3) is 0 Å². The predicted octanol–water partition coefficient (Wildman–Crippen LogP) is 2.82. The number of carbonyl (C=O) groups excluding carboxylic acids is 1. The summed E-state index contributed by atoms with van der Waals surface area (Å²) in [6.07, 6.45) is 1.14. The van der Waals surface area contributed by atoms with Gasteiger partial charge < -0.3 is 4.74 Å². The van der Waals surface area contributed by atoms with Crippen molar-refractivity contribution in [1.82, 2.24) is 10.2 Å². The van der Waals surface area contributed by atoms with E-state index in [-0.39, 0.29) is 5.94 Å². The van der Waals surface area contributed by atoms with Crippen LogP contribution in [0.25, 0.3) is 0 Å². The van der Waals surface area contributed by atoms with Gasteiger partial charge >= 0.3 is 5.97 Å². The molecule has 0 spiro atoms. The summed E-state index contributed by atoms with van der Waals surface area (Å²) in [5.74, 6) is -0.181. The van der Waals surface area contributed by atoms with Crippen LogP contribution in [0.5, 0.6) is 0 Å². The molecule has 1 rings (SSSR count). The van der Waals surface area contributed by atoms with Gasteiger partial charge in [-0.3, -0.25) is 0 Å². The lowest BCUT2D eigenvalue weighted by atomic mass is 10.6. The zero-order chi connectivity index (χ0) is 12.0. The topological polar surface area (TPSA) is 52.1 Å². The molecule has 0 amide bonds. The van der Waals surface area contributed by atoms with Crippen LogP contribution in [0, 0.1) is 0 Å². The van der Waals surface area contributed by atoms with Crippen molar-refractivity contribution in [3.63, 3.8) is 0 Å². The van der Waals surface area contributed by atoms with Gasteiger partial charge in [0, 0.05) is 11.3 Å². The number of esters is 1. The summed E-state index contributed by atoms with van der Waals surface area (Å²) in [6, 6.07) is 0. The van der Waals surface area contributed by atoms with Crippen LogP contribution >= 0.6 is 34.9 Å². The quantitative estimate of drug-likeness (QED) is 0.345. The highest BCUT2D eigenvalue weighted by Crippen LogP contribution is 2.30. The van der Waals surface area contributed by atoms with Gasteiger partial charge in [-0.05, 0) is 0 Å². The molecule has 4 nitrogen and oxygen atoms in total. The molecule has 16 heavy (non-hydrogen) atoms. The average Bonchev–Trinajstić information content (AvgIpc) is 2.64. The van der Waals surface area contributed by atoms with Gasteiger partial charge in [0.05, 0.1) is 0 Å². The van der Waals surface area contributed by atoms with Crippen LogP contribution in [0.15, 0.2) is 21.3 Å². The Morgan fingerprint density at radius 1 is 1.56 bits per heavy atom. The molecule has 0 aliphatic heterocycles. The molecule has 1 aromatic heterocycles. The first-order valence-corrected chi connectivity index (χ1v) is 7.22. The van der Waals surface area contributed by atoms with Crippen LogP contribution in [0.4, 0.5) is 0 Å². The first-order valence-electron chi connectivity index (χ1n) is 4.54. The first-order chi connectivity index (χ1) is 7.61. The minimum Gasteiger partial charge on any atom is -0.451 e. The summed E-state index contributed by atoms with van der Waals surface area (Å²) in [7, 11) is 0. The van der Waals surface area contributed by atoms with E-state index in [9.17, 15) is 4.79 Å². The summed E-state index contributed by atoms with van der Waals surface area (Å²) < 4.78 is 6.57. The van der Waals surface area contributed by atoms with Crippen LogP contribution in [0.1, 0.15) is 13.8 Å². The third-order valence-electron chi connectivity index (χ3n) is 1.27. The van der Waals surface area contributed by atoms with Crippen molar-refractivity contribution in [3.8, 4) is 0 Å². The Labute approximate surface area is 107 Å². The normalized spacial score (nSPS) is 10.4. The Hall–Kier alpha value is -0.530. The van der Waals surface area contributed by atoms with E-state index >= 15 is 0 Å². The Bertz CT molecular complexity index is 365.